The van der Waals surface area contributed by atoms with Crippen molar-refractivity contribution in [2.45, 2.75) is 58.2 Å². The molecule has 27 heavy (non-hydrogen) atoms. The Balaban J connectivity index is 1.51. The molecular weight excluding hydrogens is 342 g/mol. The molecule has 1 aliphatic rings. The number of aromatic nitrogens is 3. The van der Waals surface area contributed by atoms with Crippen molar-refractivity contribution in [3.63, 3.8) is 0 Å². The van der Waals surface area contributed by atoms with E-state index in [1.54, 1.807) is 17.1 Å². The Morgan fingerprint density at radius 2 is 2.33 bits per heavy atom. The molecule has 2 aromatic heterocycles. The molecule has 3 rings (SSSR count). The monoisotopic (exact) mass is 371 g/mol. The number of hydrogen-bond donors (Lipinski definition) is 1. The average Bonchev–Trinajstić information content (AvgIpc) is 3.32. The number of furan rings is 1. The van der Waals surface area contributed by atoms with E-state index in [4.69, 9.17) is 4.42 Å². The lowest BCUT2D eigenvalue weighted by Gasteiger charge is -2.35. The van der Waals surface area contributed by atoms with E-state index in [9.17, 15) is 4.79 Å². The maximum atomic E-state index is 12.0. The van der Waals surface area contributed by atoms with E-state index in [0.29, 0.717) is 11.7 Å². The Labute approximate surface area is 160 Å². The normalized spacial score (nSPS) is 18.4. The van der Waals surface area contributed by atoms with Gasteiger partial charge in [-0.15, -0.1) is 5.10 Å². The van der Waals surface area contributed by atoms with Crippen LogP contribution in [0.4, 0.5) is 0 Å². The number of hydrogen-bond acceptors (Lipinski definition) is 5. The third-order valence-electron chi connectivity index (χ3n) is 4.80. The first kappa shape index (κ1) is 19.4. The SMILES string of the molecule is CC(C)NC(=O)c1cn(CCC2CCCCN2C/C=C/c2ccco2)nn1. The van der Waals surface area contributed by atoms with Crippen LogP contribution >= 0.6 is 0 Å². The first-order valence-electron chi connectivity index (χ1n) is 9.77. The van der Waals surface area contributed by atoms with Crippen LogP contribution in [0.1, 0.15) is 55.8 Å². The molecule has 7 heteroatoms. The van der Waals surface area contributed by atoms with Crippen LogP contribution in [0.5, 0.6) is 0 Å². The summed E-state index contributed by atoms with van der Waals surface area (Å²) < 4.78 is 7.12. The minimum Gasteiger partial charge on any atom is -0.465 e. The van der Waals surface area contributed by atoms with Gasteiger partial charge in [0.05, 0.1) is 12.5 Å². The van der Waals surface area contributed by atoms with Crippen molar-refractivity contribution in [3.05, 3.63) is 42.1 Å². The molecule has 3 heterocycles. The van der Waals surface area contributed by atoms with Gasteiger partial charge in [-0.3, -0.25) is 14.4 Å². The number of likely N-dealkylation sites (tertiary alicyclic amines) is 1. The van der Waals surface area contributed by atoms with Gasteiger partial charge >= 0.3 is 0 Å². The molecule has 0 spiro atoms. The molecule has 0 aromatic carbocycles. The molecular formula is C20H29N5O2. The summed E-state index contributed by atoms with van der Waals surface area (Å²) in [4.78, 5) is 14.5. The van der Waals surface area contributed by atoms with Crippen LogP contribution in [0.3, 0.4) is 0 Å². The van der Waals surface area contributed by atoms with Gasteiger partial charge in [-0.2, -0.15) is 0 Å². The zero-order valence-electron chi connectivity index (χ0n) is 16.2. The maximum Gasteiger partial charge on any atom is 0.273 e. The predicted molar refractivity (Wildman–Crippen MR) is 104 cm³/mol. The summed E-state index contributed by atoms with van der Waals surface area (Å²) in [6, 6.07) is 4.48. The molecule has 0 aliphatic carbocycles. The molecule has 1 unspecified atom stereocenters. The van der Waals surface area contributed by atoms with Gasteiger partial charge in [-0.25, -0.2) is 0 Å². The molecule has 0 radical (unpaired) electrons. The molecule has 1 aliphatic heterocycles. The minimum atomic E-state index is -0.168. The molecule has 1 saturated heterocycles. The summed E-state index contributed by atoms with van der Waals surface area (Å²) in [5.41, 5.74) is 0.380. The second-order valence-electron chi connectivity index (χ2n) is 7.35. The number of rotatable bonds is 8. The fraction of sp³-hybridized carbons (Fsp3) is 0.550. The lowest BCUT2D eigenvalue weighted by molar-refractivity contribution is 0.0938. The largest absolute Gasteiger partial charge is 0.465 e. The molecule has 1 amide bonds. The average molecular weight is 371 g/mol. The summed E-state index contributed by atoms with van der Waals surface area (Å²) in [7, 11) is 0. The predicted octanol–water partition coefficient (Wildman–Crippen LogP) is 2.97. The Kier molecular flexibility index (Phi) is 6.81. The van der Waals surface area contributed by atoms with Crippen LogP contribution in [-0.4, -0.2) is 51.0 Å². The maximum absolute atomic E-state index is 12.0. The van der Waals surface area contributed by atoms with Crippen LogP contribution < -0.4 is 5.32 Å². The highest BCUT2D eigenvalue weighted by Gasteiger charge is 2.21. The Morgan fingerprint density at radius 3 is 3.11 bits per heavy atom. The highest BCUT2D eigenvalue weighted by molar-refractivity contribution is 5.91. The third kappa shape index (κ3) is 5.79. The van der Waals surface area contributed by atoms with Crippen molar-refractivity contribution in [2.24, 2.45) is 0 Å². The number of piperidine rings is 1. The van der Waals surface area contributed by atoms with Crippen molar-refractivity contribution in [1.82, 2.24) is 25.2 Å². The van der Waals surface area contributed by atoms with E-state index in [1.165, 1.54) is 19.3 Å². The fourth-order valence-corrected chi connectivity index (χ4v) is 3.45. The number of nitrogens with one attached hydrogen (secondary N) is 1. The number of aryl methyl sites for hydroxylation is 1. The first-order valence-corrected chi connectivity index (χ1v) is 9.77. The van der Waals surface area contributed by atoms with E-state index in [-0.39, 0.29) is 11.9 Å². The van der Waals surface area contributed by atoms with E-state index < -0.39 is 0 Å². The zero-order valence-corrected chi connectivity index (χ0v) is 16.2. The van der Waals surface area contributed by atoms with Crippen molar-refractivity contribution in [3.8, 4) is 0 Å². The Hall–Kier alpha value is -2.41. The molecule has 1 atom stereocenters. The highest BCUT2D eigenvalue weighted by Crippen LogP contribution is 2.20. The van der Waals surface area contributed by atoms with Gasteiger partial charge in [-0.1, -0.05) is 17.7 Å². The standard InChI is InChI=1S/C20H29N5O2/c1-16(2)21-20(26)19-15-25(23-22-19)13-10-17-7-3-4-11-24(17)12-5-8-18-9-6-14-27-18/h5-6,8-9,14-17H,3-4,7,10-13H2,1-2H3,(H,21,26)/b8-5+. The Bertz CT molecular complexity index is 735. The van der Waals surface area contributed by atoms with E-state index >= 15 is 0 Å². The van der Waals surface area contributed by atoms with Crippen molar-refractivity contribution in [1.29, 1.82) is 0 Å². The topological polar surface area (TPSA) is 76.2 Å². The third-order valence-corrected chi connectivity index (χ3v) is 4.80. The van der Waals surface area contributed by atoms with Crippen molar-refractivity contribution >= 4 is 12.0 Å². The van der Waals surface area contributed by atoms with Crippen LogP contribution in [0.25, 0.3) is 6.08 Å². The van der Waals surface area contributed by atoms with E-state index in [0.717, 1.165) is 31.8 Å². The summed E-state index contributed by atoms with van der Waals surface area (Å²) in [5.74, 6) is 0.719. The van der Waals surface area contributed by atoms with Crippen LogP contribution in [-0.2, 0) is 6.54 Å². The number of carbonyl (C=O) groups is 1. The zero-order chi connectivity index (χ0) is 19.1. The number of amides is 1. The number of nitrogens with zero attached hydrogens (tertiary/aromatic N) is 4. The summed E-state index contributed by atoms with van der Waals surface area (Å²) in [6.07, 6.45) is 12.3. The Morgan fingerprint density at radius 1 is 1.44 bits per heavy atom. The van der Waals surface area contributed by atoms with Gasteiger partial charge in [-0.05, 0) is 57.9 Å². The lowest BCUT2D eigenvalue weighted by Crippen LogP contribution is -2.40. The summed E-state index contributed by atoms with van der Waals surface area (Å²) >= 11 is 0. The van der Waals surface area contributed by atoms with E-state index in [1.807, 2.05) is 32.1 Å². The minimum absolute atomic E-state index is 0.0904. The van der Waals surface area contributed by atoms with Crippen LogP contribution in [0.15, 0.2) is 35.1 Å². The van der Waals surface area contributed by atoms with Gasteiger partial charge in [0.25, 0.3) is 5.91 Å². The molecule has 1 fully saturated rings. The highest BCUT2D eigenvalue weighted by atomic mass is 16.3. The van der Waals surface area contributed by atoms with Gasteiger partial charge in [0.1, 0.15) is 5.76 Å². The van der Waals surface area contributed by atoms with Gasteiger partial charge in [0, 0.05) is 25.2 Å². The van der Waals surface area contributed by atoms with Gasteiger partial charge in [0.2, 0.25) is 0 Å². The first-order chi connectivity index (χ1) is 13.1. The van der Waals surface area contributed by atoms with Crippen LogP contribution in [0.2, 0.25) is 0 Å². The molecule has 146 valence electrons. The molecule has 0 saturated carbocycles. The van der Waals surface area contributed by atoms with Gasteiger partial charge < -0.3 is 9.73 Å². The van der Waals surface area contributed by atoms with Crippen LogP contribution in [0, 0.1) is 0 Å². The molecule has 7 nitrogen and oxygen atoms in total. The van der Waals surface area contributed by atoms with E-state index in [2.05, 4.69) is 26.6 Å². The van der Waals surface area contributed by atoms with Gasteiger partial charge in [0.15, 0.2) is 5.69 Å². The quantitative estimate of drug-likeness (QED) is 0.772. The fourth-order valence-electron chi connectivity index (χ4n) is 3.45. The number of carbonyl (C=O) groups excluding carboxylic acids is 1. The van der Waals surface area contributed by atoms with Crippen molar-refractivity contribution < 1.29 is 9.21 Å². The molecule has 2 aromatic rings. The lowest BCUT2D eigenvalue weighted by atomic mass is 9.99. The van der Waals surface area contributed by atoms with Crippen molar-refractivity contribution in [2.75, 3.05) is 13.1 Å². The summed E-state index contributed by atoms with van der Waals surface area (Å²) in [6.45, 7) is 6.67. The second-order valence-corrected chi connectivity index (χ2v) is 7.35. The summed E-state index contributed by atoms with van der Waals surface area (Å²) in [5, 5.41) is 10.9. The second kappa shape index (κ2) is 9.50. The molecule has 1 N–H and O–H groups in total. The smallest absolute Gasteiger partial charge is 0.273 e. The molecule has 0 bridgehead atoms.